The van der Waals surface area contributed by atoms with Crippen molar-refractivity contribution in [3.63, 3.8) is 0 Å². The number of aromatic nitrogens is 1. The van der Waals surface area contributed by atoms with Crippen LogP contribution < -0.4 is 10.6 Å². The second-order valence-corrected chi connectivity index (χ2v) is 11.9. The SMILES string of the molecule is CCNC(=O)CCc1ccc(F)cc1C[C@@H]1[C@H](c2nc(C(=O)NCCCCC3CCCCC3)co2)[C@H]2CC[C@@H]1O2. The molecule has 5 rings (SSSR count). The minimum absolute atomic E-state index is 0.00581. The number of ether oxygens (including phenoxy) is 1. The number of nitrogens with one attached hydrogen (secondary N) is 2. The molecule has 40 heavy (non-hydrogen) atoms. The minimum Gasteiger partial charge on any atom is -0.448 e. The van der Waals surface area contributed by atoms with Gasteiger partial charge in [-0.3, -0.25) is 9.59 Å². The predicted octanol–water partition coefficient (Wildman–Crippen LogP) is 5.87. The molecule has 0 radical (unpaired) electrons. The van der Waals surface area contributed by atoms with Crippen LogP contribution in [0.15, 0.2) is 28.9 Å². The lowest BCUT2D eigenvalue weighted by molar-refractivity contribution is -0.120. The number of rotatable bonds is 13. The lowest BCUT2D eigenvalue weighted by atomic mass is 9.75. The fourth-order valence-electron chi connectivity index (χ4n) is 7.06. The van der Waals surface area contributed by atoms with Gasteiger partial charge in [0.05, 0.1) is 18.1 Å². The van der Waals surface area contributed by atoms with Crippen LogP contribution in [0.4, 0.5) is 4.39 Å². The van der Waals surface area contributed by atoms with Crippen LogP contribution in [0, 0.1) is 17.7 Å². The summed E-state index contributed by atoms with van der Waals surface area (Å²) in [5.74, 6) is 0.878. The van der Waals surface area contributed by atoms with Gasteiger partial charge in [0.1, 0.15) is 12.1 Å². The number of amides is 2. The molecule has 2 bridgehead atoms. The first kappa shape index (κ1) is 28.8. The number of oxazole rings is 1. The van der Waals surface area contributed by atoms with Gasteiger partial charge in [0, 0.05) is 25.4 Å². The predicted molar refractivity (Wildman–Crippen MR) is 150 cm³/mol. The van der Waals surface area contributed by atoms with Crippen molar-refractivity contribution in [3.8, 4) is 0 Å². The molecule has 3 fully saturated rings. The summed E-state index contributed by atoms with van der Waals surface area (Å²) in [6.45, 7) is 3.13. The highest BCUT2D eigenvalue weighted by molar-refractivity contribution is 5.91. The van der Waals surface area contributed by atoms with Crippen LogP contribution in [0.1, 0.15) is 111 Å². The number of hydrogen-bond acceptors (Lipinski definition) is 5. The second kappa shape index (κ2) is 13.7. The van der Waals surface area contributed by atoms with Gasteiger partial charge in [0.15, 0.2) is 5.69 Å². The van der Waals surface area contributed by atoms with Crippen LogP contribution in [0.2, 0.25) is 0 Å². The number of fused-ring (bicyclic) bond motifs is 2. The van der Waals surface area contributed by atoms with E-state index in [1.165, 1.54) is 50.9 Å². The van der Waals surface area contributed by atoms with Gasteiger partial charge in [-0.2, -0.15) is 0 Å². The fourth-order valence-corrected chi connectivity index (χ4v) is 7.06. The van der Waals surface area contributed by atoms with Crippen molar-refractivity contribution in [1.82, 2.24) is 15.6 Å². The molecule has 1 aromatic carbocycles. The van der Waals surface area contributed by atoms with Crippen molar-refractivity contribution in [1.29, 1.82) is 0 Å². The summed E-state index contributed by atoms with van der Waals surface area (Å²) in [6, 6.07) is 4.83. The van der Waals surface area contributed by atoms with Crippen LogP contribution in [0.25, 0.3) is 0 Å². The number of carbonyl (C=O) groups is 2. The normalized spacial score (nSPS) is 24.4. The molecule has 2 aliphatic heterocycles. The van der Waals surface area contributed by atoms with Gasteiger partial charge in [0.25, 0.3) is 5.91 Å². The number of carbonyl (C=O) groups excluding carboxylic acids is 2. The van der Waals surface area contributed by atoms with Crippen LogP contribution in [-0.4, -0.2) is 42.1 Å². The molecule has 0 unspecified atom stereocenters. The third kappa shape index (κ3) is 7.12. The molecule has 2 N–H and O–H groups in total. The van der Waals surface area contributed by atoms with Crippen LogP contribution >= 0.6 is 0 Å². The maximum atomic E-state index is 14.3. The Morgan fingerprint density at radius 2 is 1.85 bits per heavy atom. The van der Waals surface area contributed by atoms with E-state index in [4.69, 9.17) is 9.15 Å². The van der Waals surface area contributed by atoms with Crippen molar-refractivity contribution in [2.45, 2.75) is 109 Å². The number of hydrogen-bond donors (Lipinski definition) is 2. The Morgan fingerprint density at radius 3 is 2.67 bits per heavy atom. The third-order valence-corrected chi connectivity index (χ3v) is 9.13. The maximum Gasteiger partial charge on any atom is 0.273 e. The monoisotopic (exact) mass is 553 g/mol. The lowest BCUT2D eigenvalue weighted by Gasteiger charge is -2.26. The molecule has 2 amide bonds. The number of halogens is 1. The number of nitrogens with zero attached hydrogens (tertiary/aromatic N) is 1. The quantitative estimate of drug-likeness (QED) is 0.303. The van der Waals surface area contributed by atoms with Crippen molar-refractivity contribution < 1.29 is 23.1 Å². The molecule has 1 aliphatic carbocycles. The topological polar surface area (TPSA) is 93.5 Å². The molecule has 1 saturated carbocycles. The maximum absolute atomic E-state index is 14.3. The van der Waals surface area contributed by atoms with Crippen molar-refractivity contribution in [2.75, 3.05) is 13.1 Å². The van der Waals surface area contributed by atoms with Crippen LogP contribution in [0.5, 0.6) is 0 Å². The number of benzene rings is 1. The molecule has 1 aromatic heterocycles. The molecule has 218 valence electrons. The third-order valence-electron chi connectivity index (χ3n) is 9.13. The zero-order chi connectivity index (χ0) is 27.9. The van der Waals surface area contributed by atoms with Crippen LogP contribution in [-0.2, 0) is 22.4 Å². The van der Waals surface area contributed by atoms with Gasteiger partial charge in [0.2, 0.25) is 11.8 Å². The Hall–Kier alpha value is -2.74. The summed E-state index contributed by atoms with van der Waals surface area (Å²) in [5, 5.41) is 5.83. The first-order chi connectivity index (χ1) is 19.5. The molecule has 3 aliphatic rings. The Bertz CT molecular complexity index is 1140. The summed E-state index contributed by atoms with van der Waals surface area (Å²) < 4.78 is 26.5. The molecule has 2 aromatic rings. The Balaban J connectivity index is 1.19. The summed E-state index contributed by atoms with van der Waals surface area (Å²) in [5.41, 5.74) is 2.18. The van der Waals surface area contributed by atoms with Gasteiger partial charge in [-0.25, -0.2) is 9.37 Å². The first-order valence-corrected chi connectivity index (χ1v) is 15.4. The van der Waals surface area contributed by atoms with E-state index in [0.717, 1.165) is 42.7 Å². The van der Waals surface area contributed by atoms with Gasteiger partial charge < -0.3 is 19.8 Å². The summed E-state index contributed by atoms with van der Waals surface area (Å²) in [6.07, 6.45) is 15.1. The molecular weight excluding hydrogens is 509 g/mol. The van der Waals surface area contributed by atoms with Crippen molar-refractivity contribution in [3.05, 3.63) is 53.0 Å². The molecule has 7 nitrogen and oxygen atoms in total. The number of unbranched alkanes of at least 4 members (excludes halogenated alkanes) is 1. The minimum atomic E-state index is -0.286. The second-order valence-electron chi connectivity index (χ2n) is 11.9. The molecule has 4 atom stereocenters. The van der Waals surface area contributed by atoms with Gasteiger partial charge in [-0.1, -0.05) is 51.0 Å². The van der Waals surface area contributed by atoms with E-state index >= 15 is 0 Å². The summed E-state index contributed by atoms with van der Waals surface area (Å²) >= 11 is 0. The molecule has 0 spiro atoms. The standard InChI is InChI=1S/C32H44FN3O4/c1-2-34-29(37)16-12-22-11-13-24(33)18-23(22)19-25-27-14-15-28(40-27)30(25)32-36-26(20-39-32)31(38)35-17-7-6-10-21-8-4-3-5-9-21/h11,13,18,20-21,25,27-28,30H,2-10,12,14-17,19H2,1H3,(H,34,37)(H,35,38)/t25-,27-,28+,30-/m0/s1. The van der Waals surface area contributed by atoms with E-state index in [2.05, 4.69) is 15.6 Å². The Kier molecular flexibility index (Phi) is 9.89. The molecular formula is C32H44FN3O4. The zero-order valence-corrected chi connectivity index (χ0v) is 23.8. The largest absolute Gasteiger partial charge is 0.448 e. The van der Waals surface area contributed by atoms with E-state index in [1.807, 2.05) is 6.92 Å². The van der Waals surface area contributed by atoms with E-state index in [9.17, 15) is 14.0 Å². The smallest absolute Gasteiger partial charge is 0.273 e. The molecule has 8 heteroatoms. The van der Waals surface area contributed by atoms with E-state index in [-0.39, 0.29) is 41.7 Å². The fraction of sp³-hybridized carbons (Fsp3) is 0.656. The average molecular weight is 554 g/mol. The van der Waals surface area contributed by atoms with Gasteiger partial charge in [-0.15, -0.1) is 0 Å². The van der Waals surface area contributed by atoms with Gasteiger partial charge >= 0.3 is 0 Å². The zero-order valence-electron chi connectivity index (χ0n) is 23.8. The van der Waals surface area contributed by atoms with E-state index in [1.54, 1.807) is 12.1 Å². The Morgan fingerprint density at radius 1 is 1.02 bits per heavy atom. The summed E-state index contributed by atoms with van der Waals surface area (Å²) in [4.78, 5) is 29.4. The Labute approximate surface area is 237 Å². The molecule has 2 saturated heterocycles. The van der Waals surface area contributed by atoms with Crippen molar-refractivity contribution in [2.24, 2.45) is 11.8 Å². The van der Waals surface area contributed by atoms with E-state index in [0.29, 0.717) is 43.9 Å². The lowest BCUT2D eigenvalue weighted by Crippen LogP contribution is -2.28. The highest BCUT2D eigenvalue weighted by Gasteiger charge is 2.51. The highest BCUT2D eigenvalue weighted by atomic mass is 19.1. The van der Waals surface area contributed by atoms with Crippen molar-refractivity contribution >= 4 is 11.8 Å². The first-order valence-electron chi connectivity index (χ1n) is 15.4. The van der Waals surface area contributed by atoms with Gasteiger partial charge in [-0.05, 0) is 68.2 Å². The average Bonchev–Trinajstić information content (AvgIpc) is 3.70. The summed E-state index contributed by atoms with van der Waals surface area (Å²) in [7, 11) is 0. The van der Waals surface area contributed by atoms with E-state index < -0.39 is 0 Å². The highest BCUT2D eigenvalue weighted by Crippen LogP contribution is 2.50. The van der Waals surface area contributed by atoms with Crippen LogP contribution in [0.3, 0.4) is 0 Å². The number of aryl methyl sites for hydroxylation is 1. The molecule has 3 heterocycles.